The Morgan fingerprint density at radius 2 is 2.11 bits per heavy atom. The number of pyridine rings is 1. The average Bonchev–Trinajstić information content (AvgIpc) is 2.32. The number of Topliss-reactive ketones (excluding diaryl/α,β-unsaturated/α-hetero) is 1. The topological polar surface area (TPSA) is 30.0 Å². The van der Waals surface area contributed by atoms with Gasteiger partial charge in [0.1, 0.15) is 5.82 Å². The van der Waals surface area contributed by atoms with Crippen molar-refractivity contribution in [3.8, 4) is 0 Å². The Morgan fingerprint density at radius 3 is 2.78 bits per heavy atom. The SMILES string of the molecule is O=C(Cc1cncc(Br)c1)c1ccc(F)c(Cl)c1. The minimum absolute atomic E-state index is 0.0479. The molecule has 1 aromatic carbocycles. The third-order valence-corrected chi connectivity index (χ3v) is 3.09. The number of carbonyl (C=O) groups excluding carboxylic acids is 1. The smallest absolute Gasteiger partial charge is 0.167 e. The molecule has 1 aromatic heterocycles. The second-order valence-electron chi connectivity index (χ2n) is 3.74. The maximum Gasteiger partial charge on any atom is 0.167 e. The van der Waals surface area contributed by atoms with Crippen LogP contribution in [0.1, 0.15) is 15.9 Å². The highest BCUT2D eigenvalue weighted by atomic mass is 79.9. The molecular weight excluding hydrogens is 321 g/mol. The highest BCUT2D eigenvalue weighted by Crippen LogP contribution is 2.18. The summed E-state index contributed by atoms with van der Waals surface area (Å²) in [7, 11) is 0. The van der Waals surface area contributed by atoms with Gasteiger partial charge in [-0.25, -0.2) is 4.39 Å². The van der Waals surface area contributed by atoms with E-state index in [2.05, 4.69) is 20.9 Å². The van der Waals surface area contributed by atoms with Crippen molar-refractivity contribution in [3.05, 3.63) is 63.1 Å². The first-order chi connectivity index (χ1) is 8.56. The molecule has 2 rings (SSSR count). The zero-order valence-corrected chi connectivity index (χ0v) is 11.5. The molecule has 0 unspecified atom stereocenters. The van der Waals surface area contributed by atoms with E-state index in [1.54, 1.807) is 12.4 Å². The number of hydrogen-bond donors (Lipinski definition) is 0. The Morgan fingerprint density at radius 1 is 1.33 bits per heavy atom. The van der Waals surface area contributed by atoms with Crippen molar-refractivity contribution in [3.63, 3.8) is 0 Å². The van der Waals surface area contributed by atoms with Crippen LogP contribution in [0.15, 0.2) is 41.1 Å². The van der Waals surface area contributed by atoms with Crippen LogP contribution in [0, 0.1) is 5.82 Å². The normalized spacial score (nSPS) is 10.4. The van der Waals surface area contributed by atoms with Crippen molar-refractivity contribution in [2.24, 2.45) is 0 Å². The van der Waals surface area contributed by atoms with E-state index >= 15 is 0 Å². The third kappa shape index (κ3) is 3.15. The van der Waals surface area contributed by atoms with Gasteiger partial charge in [0, 0.05) is 28.9 Å². The Kier molecular flexibility index (Phi) is 4.09. The quantitative estimate of drug-likeness (QED) is 0.795. The standard InChI is InChI=1S/C13H8BrClFNO/c14-10-3-8(6-17-7-10)4-13(18)9-1-2-12(16)11(15)5-9/h1-3,5-7H,4H2. The summed E-state index contributed by atoms with van der Waals surface area (Å²) in [5.41, 5.74) is 1.18. The van der Waals surface area contributed by atoms with Crippen LogP contribution in [-0.2, 0) is 6.42 Å². The lowest BCUT2D eigenvalue weighted by Gasteiger charge is -2.03. The zero-order valence-electron chi connectivity index (χ0n) is 9.16. The fourth-order valence-electron chi connectivity index (χ4n) is 1.51. The average molecular weight is 329 g/mol. The molecule has 0 amide bonds. The van der Waals surface area contributed by atoms with E-state index in [-0.39, 0.29) is 17.2 Å². The molecule has 0 saturated carbocycles. The predicted octanol–water partition coefficient (Wildman–Crippen LogP) is 4.06. The molecule has 0 fully saturated rings. The first kappa shape index (κ1) is 13.2. The van der Waals surface area contributed by atoms with Gasteiger partial charge in [0.25, 0.3) is 0 Å². The highest BCUT2D eigenvalue weighted by Gasteiger charge is 2.10. The zero-order chi connectivity index (χ0) is 13.1. The van der Waals surface area contributed by atoms with Gasteiger partial charge in [0.2, 0.25) is 0 Å². The number of carbonyl (C=O) groups is 1. The molecule has 2 nitrogen and oxygen atoms in total. The molecular formula is C13H8BrClFNO. The number of ketones is 1. The Labute approximate surface area is 117 Å². The van der Waals surface area contributed by atoms with Gasteiger partial charge in [0.15, 0.2) is 5.78 Å². The van der Waals surface area contributed by atoms with E-state index in [0.717, 1.165) is 10.0 Å². The number of benzene rings is 1. The van der Waals surface area contributed by atoms with Gasteiger partial charge in [-0.1, -0.05) is 11.6 Å². The fraction of sp³-hybridized carbons (Fsp3) is 0.0769. The molecule has 0 radical (unpaired) electrons. The number of aromatic nitrogens is 1. The molecule has 0 bridgehead atoms. The molecule has 0 aliphatic carbocycles. The molecule has 92 valence electrons. The second kappa shape index (κ2) is 5.59. The Hall–Kier alpha value is -1.26. The van der Waals surface area contributed by atoms with Crippen molar-refractivity contribution < 1.29 is 9.18 Å². The van der Waals surface area contributed by atoms with Gasteiger partial charge in [-0.15, -0.1) is 0 Å². The van der Waals surface area contributed by atoms with Gasteiger partial charge < -0.3 is 0 Å². The van der Waals surface area contributed by atoms with Crippen LogP contribution in [0.25, 0.3) is 0 Å². The van der Waals surface area contributed by atoms with Crippen LogP contribution in [0.2, 0.25) is 5.02 Å². The largest absolute Gasteiger partial charge is 0.294 e. The fourth-order valence-corrected chi connectivity index (χ4v) is 2.10. The van der Waals surface area contributed by atoms with E-state index in [9.17, 15) is 9.18 Å². The van der Waals surface area contributed by atoms with E-state index < -0.39 is 5.82 Å². The molecule has 0 atom stereocenters. The van der Waals surface area contributed by atoms with Crippen molar-refractivity contribution in [1.29, 1.82) is 0 Å². The van der Waals surface area contributed by atoms with Gasteiger partial charge in [-0.2, -0.15) is 0 Å². The summed E-state index contributed by atoms with van der Waals surface area (Å²) in [4.78, 5) is 15.9. The van der Waals surface area contributed by atoms with E-state index in [1.165, 1.54) is 18.2 Å². The number of halogens is 3. The molecule has 0 aliphatic heterocycles. The van der Waals surface area contributed by atoms with Gasteiger partial charge in [0.05, 0.1) is 5.02 Å². The molecule has 0 saturated heterocycles. The summed E-state index contributed by atoms with van der Waals surface area (Å²) in [6, 6.07) is 5.77. The minimum atomic E-state index is -0.530. The van der Waals surface area contributed by atoms with Crippen LogP contribution in [0.3, 0.4) is 0 Å². The van der Waals surface area contributed by atoms with Crippen molar-refractivity contribution in [1.82, 2.24) is 4.98 Å². The molecule has 18 heavy (non-hydrogen) atoms. The molecule has 5 heteroatoms. The van der Waals surface area contributed by atoms with Gasteiger partial charge in [-0.05, 0) is 45.8 Å². The highest BCUT2D eigenvalue weighted by molar-refractivity contribution is 9.10. The summed E-state index contributed by atoms with van der Waals surface area (Å²) < 4.78 is 13.8. The lowest BCUT2D eigenvalue weighted by atomic mass is 10.0. The molecule has 1 heterocycles. The Balaban J connectivity index is 2.19. The van der Waals surface area contributed by atoms with Crippen LogP contribution >= 0.6 is 27.5 Å². The van der Waals surface area contributed by atoms with E-state index in [4.69, 9.17) is 11.6 Å². The summed E-state index contributed by atoms with van der Waals surface area (Å²) in [5.74, 6) is -0.658. The summed E-state index contributed by atoms with van der Waals surface area (Å²) >= 11 is 8.92. The van der Waals surface area contributed by atoms with Crippen molar-refractivity contribution in [2.45, 2.75) is 6.42 Å². The molecule has 0 spiro atoms. The lowest BCUT2D eigenvalue weighted by molar-refractivity contribution is 0.0993. The predicted molar refractivity (Wildman–Crippen MR) is 71.4 cm³/mol. The van der Waals surface area contributed by atoms with Crippen LogP contribution < -0.4 is 0 Å². The molecule has 0 aliphatic rings. The van der Waals surface area contributed by atoms with Crippen LogP contribution in [0.5, 0.6) is 0 Å². The number of rotatable bonds is 3. The second-order valence-corrected chi connectivity index (χ2v) is 5.06. The molecule has 0 N–H and O–H groups in total. The maximum atomic E-state index is 13.0. The lowest BCUT2D eigenvalue weighted by Crippen LogP contribution is -2.04. The Bertz CT molecular complexity index is 603. The third-order valence-electron chi connectivity index (χ3n) is 2.37. The van der Waals surface area contributed by atoms with Crippen molar-refractivity contribution in [2.75, 3.05) is 0 Å². The molecule has 2 aromatic rings. The van der Waals surface area contributed by atoms with Crippen LogP contribution in [0.4, 0.5) is 4.39 Å². The van der Waals surface area contributed by atoms with E-state index in [0.29, 0.717) is 5.56 Å². The summed E-state index contributed by atoms with van der Waals surface area (Å²) in [5, 5.41) is -0.0479. The van der Waals surface area contributed by atoms with Gasteiger partial charge >= 0.3 is 0 Å². The summed E-state index contributed by atoms with van der Waals surface area (Å²) in [6.45, 7) is 0. The summed E-state index contributed by atoms with van der Waals surface area (Å²) in [6.07, 6.45) is 3.46. The number of hydrogen-bond acceptors (Lipinski definition) is 2. The maximum absolute atomic E-state index is 13.0. The first-order valence-corrected chi connectivity index (χ1v) is 6.31. The minimum Gasteiger partial charge on any atom is -0.294 e. The van der Waals surface area contributed by atoms with Crippen LogP contribution in [-0.4, -0.2) is 10.8 Å². The number of nitrogens with zero attached hydrogens (tertiary/aromatic N) is 1. The monoisotopic (exact) mass is 327 g/mol. The van der Waals surface area contributed by atoms with E-state index in [1.807, 2.05) is 6.07 Å². The van der Waals surface area contributed by atoms with Crippen molar-refractivity contribution >= 4 is 33.3 Å². The first-order valence-electron chi connectivity index (χ1n) is 5.14. The van der Waals surface area contributed by atoms with Gasteiger partial charge in [-0.3, -0.25) is 9.78 Å².